The summed E-state index contributed by atoms with van der Waals surface area (Å²) in [5.41, 5.74) is 0. The maximum atomic E-state index is 10.2. The lowest BCUT2D eigenvalue weighted by atomic mass is 10.3. The van der Waals surface area contributed by atoms with Crippen molar-refractivity contribution in [2.75, 3.05) is 0 Å². The van der Waals surface area contributed by atoms with Crippen molar-refractivity contribution in [2.45, 2.75) is 19.4 Å². The van der Waals surface area contributed by atoms with Gasteiger partial charge in [0.1, 0.15) is 0 Å². The third kappa shape index (κ3) is 4.96. The lowest BCUT2D eigenvalue weighted by molar-refractivity contribution is -0.152. The molecule has 0 rings (SSSR count). The molecule has 1 N–H and O–H groups in total. The first-order valence-corrected chi connectivity index (χ1v) is 2.48. The number of aliphatic hydroxyl groups is 1. The Morgan fingerprint density at radius 2 is 2.44 bits per heavy atom. The van der Waals surface area contributed by atoms with Gasteiger partial charge in [0, 0.05) is 0 Å². The van der Waals surface area contributed by atoms with Gasteiger partial charge in [0.15, 0.2) is 0 Å². The molecule has 0 saturated carbocycles. The minimum atomic E-state index is -0.752. The first-order chi connectivity index (χ1) is 4.16. The van der Waals surface area contributed by atoms with Crippen LogP contribution in [0.1, 0.15) is 13.3 Å². The van der Waals surface area contributed by atoms with Crippen LogP contribution in [0.4, 0.5) is 0 Å². The average Bonchev–Trinajstić information content (AvgIpc) is 1.63. The predicted molar refractivity (Wildman–Crippen MR) is 28.5 cm³/mol. The van der Waals surface area contributed by atoms with Crippen LogP contribution < -0.4 is 0 Å². The number of rotatable bonds is 3. The van der Waals surface area contributed by atoms with E-state index in [1.807, 2.05) is 0 Å². The minimum absolute atomic E-state index is 0.0463. The summed E-state index contributed by atoms with van der Waals surface area (Å²) in [7, 11) is 0. The first-order valence-electron chi connectivity index (χ1n) is 2.48. The van der Waals surface area contributed by atoms with Crippen molar-refractivity contribution in [1.29, 1.82) is 0 Å². The van der Waals surface area contributed by atoms with E-state index in [2.05, 4.69) is 4.74 Å². The average molecular weight is 132 g/mol. The molecule has 0 unspecified atom stereocenters. The Labute approximate surface area is 52.4 Å². The summed E-state index contributed by atoms with van der Waals surface area (Å²) in [5.74, 6) is -0.708. The zero-order chi connectivity index (χ0) is 7.28. The van der Waals surface area contributed by atoms with Crippen molar-refractivity contribution in [3.63, 3.8) is 0 Å². The van der Waals surface area contributed by atoms with Crippen LogP contribution in [0.15, 0.2) is 0 Å². The summed E-state index contributed by atoms with van der Waals surface area (Å²) >= 11 is 0. The monoisotopic (exact) mass is 132 g/mol. The fraction of sp³-hybridized carbons (Fsp3) is 0.600. The summed E-state index contributed by atoms with van der Waals surface area (Å²) in [6, 6.07) is 0. The molecule has 0 aliphatic carbocycles. The fourth-order valence-electron chi connectivity index (χ4n) is 0.343. The molecule has 4 heteroatoms. The summed E-state index contributed by atoms with van der Waals surface area (Å²) in [6.07, 6.45) is -0.893. The quantitative estimate of drug-likeness (QED) is 0.318. The van der Waals surface area contributed by atoms with Crippen LogP contribution in [0.2, 0.25) is 0 Å². The number of esters is 1. The summed E-state index contributed by atoms with van der Waals surface area (Å²) in [4.78, 5) is 19.7. The van der Waals surface area contributed by atoms with Crippen LogP contribution in [-0.4, -0.2) is 23.7 Å². The molecular formula is C5H8O4. The van der Waals surface area contributed by atoms with Gasteiger partial charge in [0.2, 0.25) is 0 Å². The standard InChI is InChI=1S/C5H8O4/c1-4(7)2-5(8)9-3-6/h3-4,7H,2H2,1H3/t4-/m1/s1. The molecule has 52 valence electrons. The van der Waals surface area contributed by atoms with Crippen LogP contribution in [0.3, 0.4) is 0 Å². The van der Waals surface area contributed by atoms with Gasteiger partial charge < -0.3 is 9.84 Å². The Bertz CT molecular complexity index is 108. The number of carbonyl (C=O) groups is 2. The molecule has 0 aromatic heterocycles. The molecule has 0 heterocycles. The summed E-state index contributed by atoms with van der Waals surface area (Å²) in [6.45, 7) is 1.48. The topological polar surface area (TPSA) is 63.6 Å². The lowest BCUT2D eigenvalue weighted by Crippen LogP contribution is -2.11. The number of aliphatic hydroxyl groups excluding tert-OH is 1. The van der Waals surface area contributed by atoms with Gasteiger partial charge in [-0.15, -0.1) is 0 Å². The first kappa shape index (κ1) is 8.10. The molecule has 0 aliphatic heterocycles. The van der Waals surface area contributed by atoms with Gasteiger partial charge in [0.05, 0.1) is 12.5 Å². The molecule has 0 radical (unpaired) electrons. The molecule has 0 aromatic rings. The van der Waals surface area contributed by atoms with E-state index in [0.29, 0.717) is 0 Å². The van der Waals surface area contributed by atoms with E-state index in [1.165, 1.54) is 6.92 Å². The molecule has 0 amide bonds. The highest BCUT2D eigenvalue weighted by molar-refractivity contribution is 5.76. The van der Waals surface area contributed by atoms with E-state index in [0.717, 1.165) is 0 Å². The van der Waals surface area contributed by atoms with Crippen molar-refractivity contribution in [3.05, 3.63) is 0 Å². The molecule has 1 atom stereocenters. The highest BCUT2D eigenvalue weighted by Gasteiger charge is 2.05. The second-order valence-electron chi connectivity index (χ2n) is 1.64. The van der Waals surface area contributed by atoms with E-state index in [4.69, 9.17) is 5.11 Å². The van der Waals surface area contributed by atoms with Crippen molar-refractivity contribution in [3.8, 4) is 0 Å². The Morgan fingerprint density at radius 1 is 1.89 bits per heavy atom. The largest absolute Gasteiger partial charge is 0.395 e. The Kier molecular flexibility index (Phi) is 3.62. The van der Waals surface area contributed by atoms with E-state index in [-0.39, 0.29) is 12.9 Å². The minimum Gasteiger partial charge on any atom is -0.395 e. The summed E-state index contributed by atoms with van der Waals surface area (Å²) < 4.78 is 3.87. The molecule has 0 aliphatic rings. The van der Waals surface area contributed by atoms with Crippen molar-refractivity contribution < 1.29 is 19.4 Å². The van der Waals surface area contributed by atoms with E-state index in [9.17, 15) is 9.59 Å². The Morgan fingerprint density at radius 3 is 2.78 bits per heavy atom. The van der Waals surface area contributed by atoms with Crippen LogP contribution in [0, 0.1) is 0 Å². The van der Waals surface area contributed by atoms with E-state index >= 15 is 0 Å². The Balaban J connectivity index is 3.38. The molecule has 9 heavy (non-hydrogen) atoms. The normalized spacial score (nSPS) is 12.2. The van der Waals surface area contributed by atoms with Crippen LogP contribution in [0.5, 0.6) is 0 Å². The Hall–Kier alpha value is -0.900. The van der Waals surface area contributed by atoms with Gasteiger partial charge in [-0.1, -0.05) is 0 Å². The maximum Gasteiger partial charge on any atom is 0.315 e. The van der Waals surface area contributed by atoms with Gasteiger partial charge in [-0.25, -0.2) is 0 Å². The maximum absolute atomic E-state index is 10.2. The molecule has 0 aromatic carbocycles. The highest BCUT2D eigenvalue weighted by Crippen LogP contribution is 1.90. The molecule has 0 spiro atoms. The predicted octanol–water partition coefficient (Wildman–Crippen LogP) is -0.543. The van der Waals surface area contributed by atoms with Crippen molar-refractivity contribution >= 4 is 12.4 Å². The van der Waals surface area contributed by atoms with Crippen LogP contribution in [0.25, 0.3) is 0 Å². The third-order valence-corrected chi connectivity index (χ3v) is 0.642. The molecule has 0 saturated heterocycles. The SMILES string of the molecule is C[C@@H](O)CC(=O)OC=O. The molecule has 0 bridgehead atoms. The third-order valence-electron chi connectivity index (χ3n) is 0.642. The summed E-state index contributed by atoms with van der Waals surface area (Å²) in [5, 5.41) is 8.53. The van der Waals surface area contributed by atoms with Gasteiger partial charge in [0.25, 0.3) is 0 Å². The van der Waals surface area contributed by atoms with Gasteiger partial charge in [-0.3, -0.25) is 9.59 Å². The molecule has 4 nitrogen and oxygen atoms in total. The lowest BCUT2D eigenvalue weighted by Gasteiger charge is -1.98. The fourth-order valence-corrected chi connectivity index (χ4v) is 0.343. The number of hydrogen-bond acceptors (Lipinski definition) is 4. The van der Waals surface area contributed by atoms with E-state index < -0.39 is 12.1 Å². The highest BCUT2D eigenvalue weighted by atomic mass is 16.6. The van der Waals surface area contributed by atoms with Crippen LogP contribution >= 0.6 is 0 Å². The zero-order valence-electron chi connectivity index (χ0n) is 5.03. The molecule has 0 fully saturated rings. The second kappa shape index (κ2) is 4.03. The number of ether oxygens (including phenoxy) is 1. The van der Waals surface area contributed by atoms with Gasteiger partial charge in [-0.2, -0.15) is 0 Å². The van der Waals surface area contributed by atoms with Crippen LogP contribution in [-0.2, 0) is 14.3 Å². The molecular weight excluding hydrogens is 124 g/mol. The second-order valence-corrected chi connectivity index (χ2v) is 1.64. The van der Waals surface area contributed by atoms with Crippen molar-refractivity contribution in [1.82, 2.24) is 0 Å². The van der Waals surface area contributed by atoms with Gasteiger partial charge >= 0.3 is 12.4 Å². The number of carbonyl (C=O) groups excluding carboxylic acids is 2. The van der Waals surface area contributed by atoms with Crippen molar-refractivity contribution in [2.24, 2.45) is 0 Å². The number of hydrogen-bond donors (Lipinski definition) is 1. The van der Waals surface area contributed by atoms with Gasteiger partial charge in [-0.05, 0) is 6.92 Å². The zero-order valence-corrected chi connectivity index (χ0v) is 5.03. The smallest absolute Gasteiger partial charge is 0.315 e. The van der Waals surface area contributed by atoms with E-state index in [1.54, 1.807) is 0 Å².